The number of para-hydroxylation sites is 1. The Morgan fingerprint density at radius 1 is 0.971 bits per heavy atom. The molecule has 0 amide bonds. The van der Waals surface area contributed by atoms with Crippen LogP contribution >= 0.6 is 12.2 Å². The Morgan fingerprint density at radius 3 is 2.26 bits per heavy atom. The molecule has 0 bridgehead atoms. The molecule has 4 rings (SSSR count). The summed E-state index contributed by atoms with van der Waals surface area (Å²) in [6.07, 6.45) is 2.15. The zero-order valence-corrected chi connectivity index (χ0v) is 22.1. The molecule has 8 nitrogen and oxygen atoms in total. The van der Waals surface area contributed by atoms with E-state index in [0.29, 0.717) is 29.5 Å². The normalized spacial score (nSPS) is 20.6. The number of hydrogen-bond donors (Lipinski definition) is 2. The molecule has 0 saturated carbocycles. The first-order valence-electron chi connectivity index (χ1n) is 12.7. The van der Waals surface area contributed by atoms with Crippen molar-refractivity contribution in [2.75, 3.05) is 79.5 Å². The highest BCUT2D eigenvalue weighted by Gasteiger charge is 2.25. The third-order valence-corrected chi connectivity index (χ3v) is 6.90. The third-order valence-electron chi connectivity index (χ3n) is 6.65. The van der Waals surface area contributed by atoms with Crippen LogP contribution < -0.4 is 25.3 Å². The zero-order valence-electron chi connectivity index (χ0n) is 21.2. The molecule has 0 unspecified atom stereocenters. The second kappa shape index (κ2) is 12.4. The summed E-state index contributed by atoms with van der Waals surface area (Å²) in [5.41, 5.74) is 1.28. The molecule has 2 aliphatic heterocycles. The summed E-state index contributed by atoms with van der Waals surface area (Å²) >= 11 is 5.52. The molecule has 2 N–H and O–H groups in total. The van der Waals surface area contributed by atoms with E-state index >= 15 is 0 Å². The van der Waals surface area contributed by atoms with Gasteiger partial charge >= 0.3 is 0 Å². The molecule has 2 aromatic rings. The molecule has 2 aliphatic rings. The fourth-order valence-corrected chi connectivity index (χ4v) is 5.24. The molecule has 0 spiro atoms. The van der Waals surface area contributed by atoms with Crippen molar-refractivity contribution in [3.05, 3.63) is 36.4 Å². The van der Waals surface area contributed by atoms with E-state index in [1.807, 2.05) is 0 Å². The van der Waals surface area contributed by atoms with Crippen LogP contribution in [0.15, 0.2) is 36.4 Å². The number of piperazine rings is 1. The van der Waals surface area contributed by atoms with E-state index in [9.17, 15) is 0 Å². The lowest BCUT2D eigenvalue weighted by Crippen LogP contribution is -2.47. The van der Waals surface area contributed by atoms with Gasteiger partial charge in [-0.15, -0.1) is 0 Å². The minimum absolute atomic E-state index is 0.540. The van der Waals surface area contributed by atoms with Crippen molar-refractivity contribution in [2.45, 2.75) is 26.7 Å². The highest BCUT2D eigenvalue weighted by Crippen LogP contribution is 2.29. The SMILES string of the molecule is COCCCNC(=S)Nc1nc(N2CCN(c3ccccc3)CC2)cc(N2C[C@H](C)C[C@H](C)C2)n1. The van der Waals surface area contributed by atoms with E-state index in [1.54, 1.807) is 7.11 Å². The van der Waals surface area contributed by atoms with Crippen molar-refractivity contribution in [1.82, 2.24) is 15.3 Å². The highest BCUT2D eigenvalue weighted by atomic mass is 32.1. The minimum Gasteiger partial charge on any atom is -0.385 e. The van der Waals surface area contributed by atoms with Crippen LogP contribution in [-0.2, 0) is 4.74 Å². The Kier molecular flexibility index (Phi) is 8.98. The predicted molar refractivity (Wildman–Crippen MR) is 149 cm³/mol. The number of hydrogen-bond acceptors (Lipinski definition) is 7. The molecule has 0 radical (unpaired) electrons. The Bertz CT molecular complexity index is 942. The molecule has 9 heteroatoms. The van der Waals surface area contributed by atoms with E-state index in [1.165, 1.54) is 12.1 Å². The van der Waals surface area contributed by atoms with Gasteiger partial charge in [-0.05, 0) is 49.0 Å². The first-order chi connectivity index (χ1) is 17.0. The van der Waals surface area contributed by atoms with Crippen LogP contribution in [0.3, 0.4) is 0 Å². The molecule has 3 heterocycles. The summed E-state index contributed by atoms with van der Waals surface area (Å²) in [5.74, 6) is 3.78. The van der Waals surface area contributed by atoms with Crippen molar-refractivity contribution in [2.24, 2.45) is 11.8 Å². The molecule has 35 heavy (non-hydrogen) atoms. The van der Waals surface area contributed by atoms with Gasteiger partial charge in [-0.25, -0.2) is 0 Å². The number of nitrogens with one attached hydrogen (secondary N) is 2. The quantitative estimate of drug-likeness (QED) is 0.420. The van der Waals surface area contributed by atoms with Crippen molar-refractivity contribution in [3.63, 3.8) is 0 Å². The summed E-state index contributed by atoms with van der Waals surface area (Å²) < 4.78 is 5.12. The lowest BCUT2D eigenvalue weighted by molar-refractivity contribution is 0.196. The average Bonchev–Trinajstić information content (AvgIpc) is 2.86. The van der Waals surface area contributed by atoms with Gasteiger partial charge in [0.2, 0.25) is 5.95 Å². The molecule has 2 fully saturated rings. The number of rotatable bonds is 8. The second-order valence-corrected chi connectivity index (χ2v) is 10.2. The number of anilines is 4. The molecule has 1 aromatic carbocycles. The monoisotopic (exact) mass is 497 g/mol. The standard InChI is InChI=1S/C26H39N7OS/c1-20-16-21(2)19-33(18-20)24-17-23(28-25(29-24)30-26(35)27-10-7-15-34-3)32-13-11-31(12-14-32)22-8-5-4-6-9-22/h4-6,8-9,17,20-21H,7,10-16,18-19H2,1-3H3,(H2,27,28,29,30,35)/t20-,21+. The average molecular weight is 498 g/mol. The van der Waals surface area contributed by atoms with Gasteiger partial charge in [0.15, 0.2) is 5.11 Å². The van der Waals surface area contributed by atoms with Gasteiger partial charge in [0.05, 0.1) is 0 Å². The molecular formula is C26H39N7OS. The molecule has 2 atom stereocenters. The topological polar surface area (TPSA) is 68.8 Å². The van der Waals surface area contributed by atoms with Gasteiger partial charge < -0.3 is 30.1 Å². The number of ether oxygens (including phenoxy) is 1. The Morgan fingerprint density at radius 2 is 1.60 bits per heavy atom. The van der Waals surface area contributed by atoms with Crippen LogP contribution in [0.25, 0.3) is 0 Å². The number of aromatic nitrogens is 2. The van der Waals surface area contributed by atoms with Crippen LogP contribution in [0.1, 0.15) is 26.7 Å². The lowest BCUT2D eigenvalue weighted by atomic mass is 9.92. The van der Waals surface area contributed by atoms with Crippen molar-refractivity contribution >= 4 is 40.6 Å². The third kappa shape index (κ3) is 7.18. The first kappa shape index (κ1) is 25.4. The first-order valence-corrected chi connectivity index (χ1v) is 13.2. The lowest BCUT2D eigenvalue weighted by Gasteiger charge is -2.38. The van der Waals surface area contributed by atoms with E-state index < -0.39 is 0 Å². The fraction of sp³-hybridized carbons (Fsp3) is 0.577. The minimum atomic E-state index is 0.540. The van der Waals surface area contributed by atoms with Gasteiger partial charge in [0, 0.05) is 71.3 Å². The van der Waals surface area contributed by atoms with Gasteiger partial charge in [-0.3, -0.25) is 0 Å². The van der Waals surface area contributed by atoms with Crippen LogP contribution in [0.4, 0.5) is 23.3 Å². The number of methoxy groups -OCH3 is 1. The van der Waals surface area contributed by atoms with Gasteiger partial charge in [0.25, 0.3) is 0 Å². The number of nitrogens with zero attached hydrogens (tertiary/aromatic N) is 5. The summed E-state index contributed by atoms with van der Waals surface area (Å²) in [6, 6.07) is 12.8. The maximum atomic E-state index is 5.52. The van der Waals surface area contributed by atoms with E-state index in [2.05, 4.69) is 75.6 Å². The van der Waals surface area contributed by atoms with Crippen LogP contribution in [-0.4, -0.2) is 74.6 Å². The molecule has 0 aliphatic carbocycles. The van der Waals surface area contributed by atoms with Crippen LogP contribution in [0.5, 0.6) is 0 Å². The highest BCUT2D eigenvalue weighted by molar-refractivity contribution is 7.80. The molecule has 2 saturated heterocycles. The maximum absolute atomic E-state index is 5.52. The summed E-state index contributed by atoms with van der Waals surface area (Å²) in [4.78, 5) is 17.0. The van der Waals surface area contributed by atoms with E-state index in [4.69, 9.17) is 26.9 Å². The number of piperidine rings is 1. The molecule has 1 aromatic heterocycles. The maximum Gasteiger partial charge on any atom is 0.232 e. The number of thiocarbonyl (C=S) groups is 1. The Balaban J connectivity index is 1.49. The van der Waals surface area contributed by atoms with Crippen LogP contribution in [0, 0.1) is 11.8 Å². The van der Waals surface area contributed by atoms with Crippen LogP contribution in [0.2, 0.25) is 0 Å². The summed E-state index contributed by atoms with van der Waals surface area (Å²) in [5, 5.41) is 7.00. The number of benzene rings is 1. The van der Waals surface area contributed by atoms with Crippen molar-refractivity contribution in [1.29, 1.82) is 0 Å². The van der Waals surface area contributed by atoms with E-state index in [-0.39, 0.29) is 0 Å². The Labute approximate surface area is 215 Å². The Hall–Kier alpha value is -2.65. The smallest absolute Gasteiger partial charge is 0.232 e. The zero-order chi connectivity index (χ0) is 24.6. The summed E-state index contributed by atoms with van der Waals surface area (Å²) in [7, 11) is 1.71. The van der Waals surface area contributed by atoms with Gasteiger partial charge in [-0.1, -0.05) is 32.0 Å². The van der Waals surface area contributed by atoms with Gasteiger partial charge in [-0.2, -0.15) is 9.97 Å². The van der Waals surface area contributed by atoms with E-state index in [0.717, 1.165) is 63.9 Å². The second-order valence-electron chi connectivity index (χ2n) is 9.80. The van der Waals surface area contributed by atoms with Gasteiger partial charge in [0.1, 0.15) is 11.6 Å². The predicted octanol–water partition coefficient (Wildman–Crippen LogP) is 3.61. The van der Waals surface area contributed by atoms with Crippen molar-refractivity contribution in [3.8, 4) is 0 Å². The molecule has 190 valence electrons. The van der Waals surface area contributed by atoms with Crippen molar-refractivity contribution < 1.29 is 4.74 Å². The summed E-state index contributed by atoms with van der Waals surface area (Å²) in [6.45, 7) is 11.9. The largest absolute Gasteiger partial charge is 0.385 e. The fourth-order valence-electron chi connectivity index (χ4n) is 5.05. The molecular weight excluding hydrogens is 458 g/mol.